The van der Waals surface area contributed by atoms with Crippen LogP contribution in [0, 0.1) is 13.8 Å². The van der Waals surface area contributed by atoms with Crippen LogP contribution in [0.4, 0.5) is 22.1 Å². The molecular weight excluding hydrogens is 502 g/mol. The maximum atomic E-state index is 13.1. The van der Waals surface area contributed by atoms with Gasteiger partial charge in [-0.15, -0.1) is 10.2 Å². The van der Waals surface area contributed by atoms with Gasteiger partial charge >= 0.3 is 0 Å². The number of hydrogen-bond donors (Lipinski definition) is 1. The maximum absolute atomic E-state index is 13.1. The summed E-state index contributed by atoms with van der Waals surface area (Å²) in [5.74, 6) is 0. The molecule has 0 aliphatic rings. The number of hydrogen-bond acceptors (Lipinski definition) is 7. The molecule has 35 heavy (non-hydrogen) atoms. The standard InChI is InChI=1S/C25H26ClN5O2S2/c1-5-31(6-2)18-8-11-22(17(4)14-18)27-28-25-20-15-19(9-12-23(20)29-34-25)35(32,33)30-24-13-16(3)7-10-21(24)26/h7-15,30H,5-6H2,1-4H3. The second-order valence-electron chi connectivity index (χ2n) is 8.10. The van der Waals surface area contributed by atoms with Crippen LogP contribution in [0.5, 0.6) is 0 Å². The lowest BCUT2D eigenvalue weighted by atomic mass is 10.1. The minimum Gasteiger partial charge on any atom is -0.372 e. The number of azo groups is 1. The lowest BCUT2D eigenvalue weighted by Crippen LogP contribution is -2.21. The average molecular weight is 528 g/mol. The predicted molar refractivity (Wildman–Crippen MR) is 146 cm³/mol. The van der Waals surface area contributed by atoms with Gasteiger partial charge in [-0.3, -0.25) is 4.72 Å². The fourth-order valence-corrected chi connectivity index (χ4v) is 5.70. The zero-order valence-electron chi connectivity index (χ0n) is 19.9. The Hall–Kier alpha value is -3.01. The van der Waals surface area contributed by atoms with Gasteiger partial charge in [-0.1, -0.05) is 17.7 Å². The molecular formula is C25H26ClN5O2S2. The van der Waals surface area contributed by atoms with Gasteiger partial charge in [0.25, 0.3) is 10.0 Å². The molecule has 1 N–H and O–H groups in total. The number of nitrogens with one attached hydrogen (secondary N) is 1. The number of nitrogens with zero attached hydrogens (tertiary/aromatic N) is 4. The number of aryl methyl sites for hydroxylation is 2. The van der Waals surface area contributed by atoms with Crippen molar-refractivity contribution in [2.24, 2.45) is 10.2 Å². The Balaban J connectivity index is 1.64. The molecule has 0 saturated heterocycles. The van der Waals surface area contributed by atoms with E-state index in [4.69, 9.17) is 11.6 Å². The smallest absolute Gasteiger partial charge is 0.261 e. The molecule has 10 heteroatoms. The summed E-state index contributed by atoms with van der Waals surface area (Å²) < 4.78 is 33.1. The minimum absolute atomic E-state index is 0.0963. The quantitative estimate of drug-likeness (QED) is 0.238. The van der Waals surface area contributed by atoms with E-state index in [1.54, 1.807) is 24.3 Å². The summed E-state index contributed by atoms with van der Waals surface area (Å²) >= 11 is 7.36. The Morgan fingerprint density at radius 3 is 2.49 bits per heavy atom. The zero-order chi connectivity index (χ0) is 25.2. The van der Waals surface area contributed by atoms with Gasteiger partial charge in [0.1, 0.15) is 0 Å². The van der Waals surface area contributed by atoms with Crippen LogP contribution < -0.4 is 9.62 Å². The molecule has 3 aromatic carbocycles. The van der Waals surface area contributed by atoms with Crippen molar-refractivity contribution in [1.29, 1.82) is 0 Å². The highest BCUT2D eigenvalue weighted by molar-refractivity contribution is 7.92. The average Bonchev–Trinajstić information content (AvgIpc) is 3.24. The van der Waals surface area contributed by atoms with Crippen LogP contribution in [0.3, 0.4) is 0 Å². The summed E-state index contributed by atoms with van der Waals surface area (Å²) in [7, 11) is -3.87. The van der Waals surface area contributed by atoms with Crippen LogP contribution in [-0.2, 0) is 10.0 Å². The highest BCUT2D eigenvalue weighted by Gasteiger charge is 2.18. The van der Waals surface area contributed by atoms with E-state index >= 15 is 0 Å². The van der Waals surface area contributed by atoms with Gasteiger partial charge in [0.15, 0.2) is 5.00 Å². The minimum atomic E-state index is -3.87. The first kappa shape index (κ1) is 25.1. The molecule has 0 radical (unpaired) electrons. The number of rotatable bonds is 8. The molecule has 0 spiro atoms. The van der Waals surface area contributed by atoms with Crippen molar-refractivity contribution in [3.05, 3.63) is 70.7 Å². The first-order chi connectivity index (χ1) is 16.7. The van der Waals surface area contributed by atoms with Crippen molar-refractivity contribution >= 4 is 66.1 Å². The highest BCUT2D eigenvalue weighted by atomic mass is 35.5. The van der Waals surface area contributed by atoms with Crippen LogP contribution in [0.15, 0.2) is 69.7 Å². The second kappa shape index (κ2) is 10.3. The molecule has 4 rings (SSSR count). The van der Waals surface area contributed by atoms with E-state index in [1.807, 2.05) is 32.0 Å². The molecule has 0 atom stereocenters. The number of sulfonamides is 1. The lowest BCUT2D eigenvalue weighted by Gasteiger charge is -2.21. The van der Waals surface area contributed by atoms with Gasteiger partial charge in [0, 0.05) is 24.2 Å². The molecule has 0 fully saturated rings. The van der Waals surface area contributed by atoms with E-state index in [0.717, 1.165) is 35.6 Å². The van der Waals surface area contributed by atoms with E-state index < -0.39 is 10.0 Å². The van der Waals surface area contributed by atoms with Crippen molar-refractivity contribution in [1.82, 2.24) is 4.37 Å². The molecule has 7 nitrogen and oxygen atoms in total. The topological polar surface area (TPSA) is 87.0 Å². The third kappa shape index (κ3) is 5.47. The van der Waals surface area contributed by atoms with Gasteiger partial charge in [-0.2, -0.15) is 4.37 Å². The molecule has 4 aromatic rings. The molecule has 1 heterocycles. The highest BCUT2D eigenvalue weighted by Crippen LogP contribution is 2.35. The molecule has 0 aliphatic carbocycles. The van der Waals surface area contributed by atoms with Gasteiger partial charge in [0.05, 0.1) is 26.8 Å². The number of benzene rings is 3. The molecule has 0 aliphatic heterocycles. The Morgan fingerprint density at radius 1 is 1.00 bits per heavy atom. The fourth-order valence-electron chi connectivity index (χ4n) is 3.70. The molecule has 0 unspecified atom stereocenters. The molecule has 182 valence electrons. The monoisotopic (exact) mass is 527 g/mol. The summed E-state index contributed by atoms with van der Waals surface area (Å²) in [5.41, 5.74) is 4.79. The molecule has 0 saturated carbocycles. The maximum Gasteiger partial charge on any atom is 0.261 e. The van der Waals surface area contributed by atoms with Crippen molar-refractivity contribution in [3.63, 3.8) is 0 Å². The lowest BCUT2D eigenvalue weighted by molar-refractivity contribution is 0.601. The van der Waals surface area contributed by atoms with Crippen LogP contribution in [-0.4, -0.2) is 25.9 Å². The normalized spacial score (nSPS) is 11.9. The Morgan fingerprint density at radius 2 is 1.77 bits per heavy atom. The van der Waals surface area contributed by atoms with Crippen LogP contribution in [0.2, 0.25) is 5.02 Å². The van der Waals surface area contributed by atoms with Gasteiger partial charge < -0.3 is 4.90 Å². The first-order valence-electron chi connectivity index (χ1n) is 11.2. The summed E-state index contributed by atoms with van der Waals surface area (Å²) in [6.45, 7) is 9.98. The van der Waals surface area contributed by atoms with Crippen molar-refractivity contribution in [2.45, 2.75) is 32.6 Å². The van der Waals surface area contributed by atoms with Crippen molar-refractivity contribution in [3.8, 4) is 0 Å². The predicted octanol–water partition coefficient (Wildman–Crippen LogP) is 7.63. The van der Waals surface area contributed by atoms with Crippen molar-refractivity contribution < 1.29 is 8.42 Å². The Kier molecular flexibility index (Phi) is 7.39. The largest absolute Gasteiger partial charge is 0.372 e. The summed E-state index contributed by atoms with van der Waals surface area (Å²) in [6.07, 6.45) is 0. The number of aromatic nitrogens is 1. The van der Waals surface area contributed by atoms with Crippen LogP contribution in [0.1, 0.15) is 25.0 Å². The van der Waals surface area contributed by atoms with Crippen molar-refractivity contribution in [2.75, 3.05) is 22.7 Å². The Bertz CT molecular complexity index is 1510. The Labute approximate surface area is 214 Å². The van der Waals surface area contributed by atoms with Crippen LogP contribution >= 0.6 is 23.1 Å². The fraction of sp³-hybridized carbons (Fsp3) is 0.240. The first-order valence-corrected chi connectivity index (χ1v) is 13.8. The second-order valence-corrected chi connectivity index (χ2v) is 10.9. The third-order valence-electron chi connectivity index (χ3n) is 5.66. The number of halogens is 1. The number of anilines is 2. The van der Waals surface area contributed by atoms with E-state index in [-0.39, 0.29) is 4.90 Å². The van der Waals surface area contributed by atoms with E-state index in [1.165, 1.54) is 17.6 Å². The van der Waals surface area contributed by atoms with Gasteiger partial charge in [0.2, 0.25) is 0 Å². The number of fused-ring (bicyclic) bond motifs is 1. The van der Waals surface area contributed by atoms with Crippen LogP contribution in [0.25, 0.3) is 10.9 Å². The zero-order valence-corrected chi connectivity index (χ0v) is 22.3. The third-order valence-corrected chi connectivity index (χ3v) is 8.12. The van der Waals surface area contributed by atoms with E-state index in [0.29, 0.717) is 26.6 Å². The summed E-state index contributed by atoms with van der Waals surface area (Å²) in [5, 5.41) is 10.3. The van der Waals surface area contributed by atoms with E-state index in [2.05, 4.69) is 44.1 Å². The molecule has 1 aromatic heterocycles. The molecule has 0 bridgehead atoms. The van der Waals surface area contributed by atoms with Gasteiger partial charge in [-0.25, -0.2) is 8.42 Å². The van der Waals surface area contributed by atoms with E-state index in [9.17, 15) is 8.42 Å². The molecule has 0 amide bonds. The summed E-state index contributed by atoms with van der Waals surface area (Å²) in [4.78, 5) is 2.36. The van der Waals surface area contributed by atoms with Gasteiger partial charge in [-0.05, 0) is 98.9 Å². The SMILES string of the molecule is CCN(CC)c1ccc(N=Nc2snc3ccc(S(=O)(=O)Nc4cc(C)ccc4Cl)cc23)c(C)c1. The summed E-state index contributed by atoms with van der Waals surface area (Å²) in [6, 6.07) is 16.0.